The summed E-state index contributed by atoms with van der Waals surface area (Å²) < 4.78 is 4.61. The maximum absolute atomic E-state index is 11.0. The summed E-state index contributed by atoms with van der Waals surface area (Å²) in [5, 5.41) is 6.58. The van der Waals surface area contributed by atoms with Gasteiger partial charge in [-0.25, -0.2) is 0 Å². The van der Waals surface area contributed by atoms with Gasteiger partial charge >= 0.3 is 5.97 Å². The Balaban J connectivity index is 2.06. The van der Waals surface area contributed by atoms with E-state index in [-0.39, 0.29) is 5.97 Å². The van der Waals surface area contributed by atoms with Crippen molar-refractivity contribution in [3.05, 3.63) is 35.9 Å². The van der Waals surface area contributed by atoms with Gasteiger partial charge in [-0.2, -0.15) is 0 Å². The zero-order valence-electron chi connectivity index (χ0n) is 13.6. The first-order valence-electron chi connectivity index (χ1n) is 7.81. The number of ether oxygens (including phenoxy) is 1. The molecule has 0 radical (unpaired) electrons. The molecule has 0 heterocycles. The van der Waals surface area contributed by atoms with Crippen LogP contribution in [-0.4, -0.2) is 39.2 Å². The fraction of sp³-hybridized carbons (Fsp3) is 0.529. The van der Waals surface area contributed by atoms with E-state index < -0.39 is 0 Å². The van der Waals surface area contributed by atoms with Crippen molar-refractivity contribution in [2.24, 2.45) is 4.99 Å². The fourth-order valence-electron chi connectivity index (χ4n) is 2.07. The molecule has 2 N–H and O–H groups in total. The van der Waals surface area contributed by atoms with Gasteiger partial charge in [-0.1, -0.05) is 36.8 Å². The highest BCUT2D eigenvalue weighted by molar-refractivity contribution is 5.79. The van der Waals surface area contributed by atoms with Crippen LogP contribution in [0.3, 0.4) is 0 Å². The Bertz CT molecular complexity index is 446. The number of methoxy groups -OCH3 is 1. The number of nitrogens with one attached hydrogen (secondary N) is 2. The molecular formula is C17H27N3O2. The van der Waals surface area contributed by atoms with Crippen LogP contribution in [0.25, 0.3) is 0 Å². The molecule has 5 nitrogen and oxygen atoms in total. The summed E-state index contributed by atoms with van der Waals surface area (Å²) in [4.78, 5) is 15.2. The topological polar surface area (TPSA) is 62.7 Å². The Morgan fingerprint density at radius 3 is 2.50 bits per heavy atom. The van der Waals surface area contributed by atoms with Gasteiger partial charge in [0.15, 0.2) is 5.96 Å². The van der Waals surface area contributed by atoms with Crippen LogP contribution < -0.4 is 10.6 Å². The van der Waals surface area contributed by atoms with E-state index in [2.05, 4.69) is 44.6 Å². The van der Waals surface area contributed by atoms with Crippen molar-refractivity contribution < 1.29 is 9.53 Å². The second-order valence-electron chi connectivity index (χ2n) is 5.05. The molecule has 0 aliphatic heterocycles. The summed E-state index contributed by atoms with van der Waals surface area (Å²) in [5.41, 5.74) is 1.31. The molecule has 0 spiro atoms. The highest BCUT2D eigenvalue weighted by Crippen LogP contribution is 2.00. The molecule has 1 aromatic rings. The van der Waals surface area contributed by atoms with E-state index in [0.29, 0.717) is 6.42 Å². The van der Waals surface area contributed by atoms with Crippen LogP contribution in [0, 0.1) is 0 Å². The highest BCUT2D eigenvalue weighted by Gasteiger charge is 2.00. The first-order valence-corrected chi connectivity index (χ1v) is 7.81. The average molecular weight is 305 g/mol. The minimum absolute atomic E-state index is 0.133. The Morgan fingerprint density at radius 1 is 1.09 bits per heavy atom. The predicted octanol–water partition coefficient (Wildman–Crippen LogP) is 2.13. The molecule has 0 atom stereocenters. The standard InChI is InChI=1S/C17H27N3O2/c1-18-17(19-13-8-4-7-11-16(21)22-2)20-14-12-15-9-5-3-6-10-15/h3,5-6,9-10H,4,7-8,11-14H2,1-2H3,(H2,18,19,20). The van der Waals surface area contributed by atoms with Gasteiger partial charge in [0, 0.05) is 26.6 Å². The van der Waals surface area contributed by atoms with Crippen LogP contribution in [0.1, 0.15) is 31.2 Å². The van der Waals surface area contributed by atoms with Crippen LogP contribution in [0.2, 0.25) is 0 Å². The van der Waals surface area contributed by atoms with Gasteiger partial charge < -0.3 is 15.4 Å². The average Bonchev–Trinajstić information content (AvgIpc) is 2.56. The van der Waals surface area contributed by atoms with E-state index in [1.165, 1.54) is 12.7 Å². The van der Waals surface area contributed by atoms with Gasteiger partial charge in [0.2, 0.25) is 0 Å². The Labute approximate surface area is 133 Å². The number of hydrogen-bond donors (Lipinski definition) is 2. The zero-order valence-corrected chi connectivity index (χ0v) is 13.6. The summed E-state index contributed by atoms with van der Waals surface area (Å²) in [6, 6.07) is 10.4. The minimum atomic E-state index is -0.133. The summed E-state index contributed by atoms with van der Waals surface area (Å²) in [6.45, 7) is 1.71. The lowest BCUT2D eigenvalue weighted by atomic mass is 10.1. The third-order valence-corrected chi connectivity index (χ3v) is 3.35. The molecule has 5 heteroatoms. The molecule has 1 rings (SSSR count). The van der Waals surface area contributed by atoms with Crippen LogP contribution in [0.5, 0.6) is 0 Å². The molecule has 1 aromatic carbocycles. The number of unbranched alkanes of at least 4 members (excludes halogenated alkanes) is 2. The molecule has 0 aliphatic carbocycles. The summed E-state index contributed by atoms with van der Waals surface area (Å²) in [6.07, 6.45) is 4.36. The van der Waals surface area contributed by atoms with E-state index in [4.69, 9.17) is 0 Å². The number of carbonyl (C=O) groups is 1. The van der Waals surface area contributed by atoms with Gasteiger partial charge in [-0.3, -0.25) is 9.79 Å². The zero-order chi connectivity index (χ0) is 16.0. The van der Waals surface area contributed by atoms with Crippen molar-refractivity contribution >= 4 is 11.9 Å². The summed E-state index contributed by atoms with van der Waals surface area (Å²) >= 11 is 0. The summed E-state index contributed by atoms with van der Waals surface area (Å²) in [5.74, 6) is 0.690. The SMILES string of the molecule is CN=C(NCCCCCC(=O)OC)NCCc1ccccc1. The number of nitrogens with zero attached hydrogens (tertiary/aromatic N) is 1. The molecule has 0 saturated heterocycles. The van der Waals surface area contributed by atoms with E-state index in [1.807, 2.05) is 6.07 Å². The number of esters is 1. The molecule has 0 aromatic heterocycles. The van der Waals surface area contributed by atoms with Crippen LogP contribution >= 0.6 is 0 Å². The van der Waals surface area contributed by atoms with Crippen LogP contribution in [0.4, 0.5) is 0 Å². The van der Waals surface area contributed by atoms with Crippen molar-refractivity contribution in [3.8, 4) is 0 Å². The Kier molecular flexibility index (Phi) is 9.50. The van der Waals surface area contributed by atoms with Gasteiger partial charge in [0.1, 0.15) is 0 Å². The van der Waals surface area contributed by atoms with Crippen LogP contribution in [-0.2, 0) is 16.0 Å². The van der Waals surface area contributed by atoms with E-state index >= 15 is 0 Å². The Hall–Kier alpha value is -2.04. The normalized spacial score (nSPS) is 11.1. The summed E-state index contributed by atoms with van der Waals surface area (Å²) in [7, 11) is 3.20. The lowest BCUT2D eigenvalue weighted by molar-refractivity contribution is -0.140. The molecule has 0 aliphatic rings. The first kappa shape index (κ1) is 18.0. The van der Waals surface area contributed by atoms with E-state index in [0.717, 1.165) is 44.7 Å². The van der Waals surface area contributed by atoms with Crippen molar-refractivity contribution in [3.63, 3.8) is 0 Å². The van der Waals surface area contributed by atoms with Crippen molar-refractivity contribution in [1.82, 2.24) is 10.6 Å². The molecular weight excluding hydrogens is 278 g/mol. The first-order chi connectivity index (χ1) is 10.8. The second-order valence-corrected chi connectivity index (χ2v) is 5.05. The number of hydrogen-bond acceptors (Lipinski definition) is 3. The predicted molar refractivity (Wildman–Crippen MR) is 90.0 cm³/mol. The molecule has 22 heavy (non-hydrogen) atoms. The third kappa shape index (κ3) is 8.29. The van der Waals surface area contributed by atoms with Gasteiger partial charge in [0.25, 0.3) is 0 Å². The van der Waals surface area contributed by atoms with Gasteiger partial charge in [0.05, 0.1) is 7.11 Å². The largest absolute Gasteiger partial charge is 0.469 e. The van der Waals surface area contributed by atoms with Crippen LogP contribution in [0.15, 0.2) is 35.3 Å². The lowest BCUT2D eigenvalue weighted by Gasteiger charge is -2.11. The number of benzene rings is 1. The number of rotatable bonds is 9. The van der Waals surface area contributed by atoms with Gasteiger partial charge in [-0.05, 0) is 24.8 Å². The Morgan fingerprint density at radius 2 is 1.82 bits per heavy atom. The number of carbonyl (C=O) groups excluding carboxylic acids is 1. The van der Waals surface area contributed by atoms with Crippen molar-refractivity contribution in [2.75, 3.05) is 27.2 Å². The quantitative estimate of drug-likeness (QED) is 0.317. The minimum Gasteiger partial charge on any atom is -0.469 e. The second kappa shape index (κ2) is 11.6. The van der Waals surface area contributed by atoms with Crippen molar-refractivity contribution in [2.45, 2.75) is 32.1 Å². The molecule has 0 amide bonds. The van der Waals surface area contributed by atoms with E-state index in [1.54, 1.807) is 7.05 Å². The highest BCUT2D eigenvalue weighted by atomic mass is 16.5. The monoisotopic (exact) mass is 305 g/mol. The molecule has 0 unspecified atom stereocenters. The smallest absolute Gasteiger partial charge is 0.305 e. The third-order valence-electron chi connectivity index (χ3n) is 3.35. The fourth-order valence-corrected chi connectivity index (χ4v) is 2.07. The maximum atomic E-state index is 11.0. The molecule has 0 saturated carbocycles. The molecule has 0 fully saturated rings. The maximum Gasteiger partial charge on any atom is 0.305 e. The van der Waals surface area contributed by atoms with Gasteiger partial charge in [-0.15, -0.1) is 0 Å². The lowest BCUT2D eigenvalue weighted by Crippen LogP contribution is -2.38. The van der Waals surface area contributed by atoms with E-state index in [9.17, 15) is 4.79 Å². The molecule has 122 valence electrons. The number of guanidine groups is 1. The van der Waals surface area contributed by atoms with Crippen molar-refractivity contribution in [1.29, 1.82) is 0 Å². The molecule has 0 bridgehead atoms. The number of aliphatic imine (C=N–C) groups is 1.